The van der Waals surface area contributed by atoms with Gasteiger partial charge in [0, 0.05) is 37.1 Å². The molecule has 1 saturated heterocycles. The van der Waals surface area contributed by atoms with Crippen LogP contribution in [0.2, 0.25) is 0 Å². The van der Waals surface area contributed by atoms with E-state index in [0.29, 0.717) is 12.6 Å². The third-order valence-electron chi connectivity index (χ3n) is 4.36. The van der Waals surface area contributed by atoms with Gasteiger partial charge in [0.15, 0.2) is 5.13 Å². The minimum Gasteiger partial charge on any atom is -0.463 e. The topological polar surface area (TPSA) is 54.5 Å². The van der Waals surface area contributed by atoms with E-state index in [2.05, 4.69) is 45.5 Å². The number of ether oxygens (including phenoxy) is 1. The third kappa shape index (κ3) is 5.68. The molecule has 6 heteroatoms. The lowest BCUT2D eigenvalue weighted by molar-refractivity contribution is -0.137. The molecule has 2 heterocycles. The Hall–Kier alpha value is -2.18. The highest BCUT2D eigenvalue weighted by Crippen LogP contribution is 2.21. The zero-order chi connectivity index (χ0) is 18.2. The molecule has 1 aliphatic rings. The SMILES string of the molecule is CCOC(=O)/C=C/c1csc(NC2CCN(Cc3ccccc3)CC2)n1. The number of benzene rings is 1. The zero-order valence-corrected chi connectivity index (χ0v) is 15.9. The van der Waals surface area contributed by atoms with Gasteiger partial charge >= 0.3 is 5.97 Å². The molecule has 2 aromatic rings. The monoisotopic (exact) mass is 371 g/mol. The lowest BCUT2D eigenvalue weighted by Gasteiger charge is -2.32. The molecule has 1 aliphatic heterocycles. The molecule has 1 N–H and O–H groups in total. The highest BCUT2D eigenvalue weighted by Gasteiger charge is 2.19. The van der Waals surface area contributed by atoms with E-state index in [4.69, 9.17) is 4.74 Å². The maximum Gasteiger partial charge on any atom is 0.330 e. The molecule has 1 aromatic heterocycles. The molecule has 0 bridgehead atoms. The molecule has 138 valence electrons. The fourth-order valence-corrected chi connectivity index (χ4v) is 3.78. The molecule has 0 amide bonds. The summed E-state index contributed by atoms with van der Waals surface area (Å²) in [7, 11) is 0. The van der Waals surface area contributed by atoms with Gasteiger partial charge in [-0.2, -0.15) is 0 Å². The number of hydrogen-bond acceptors (Lipinski definition) is 6. The molecule has 0 saturated carbocycles. The summed E-state index contributed by atoms with van der Waals surface area (Å²) in [5.74, 6) is -0.333. The second-order valence-corrected chi connectivity index (χ2v) is 7.20. The van der Waals surface area contributed by atoms with Crippen LogP contribution in [0.1, 0.15) is 31.0 Å². The van der Waals surface area contributed by atoms with E-state index >= 15 is 0 Å². The predicted molar refractivity (Wildman–Crippen MR) is 106 cm³/mol. The summed E-state index contributed by atoms with van der Waals surface area (Å²) >= 11 is 1.57. The first-order valence-corrected chi connectivity index (χ1v) is 9.94. The van der Waals surface area contributed by atoms with Crippen molar-refractivity contribution in [3.63, 3.8) is 0 Å². The number of carbonyl (C=O) groups excluding carboxylic acids is 1. The molecule has 0 spiro atoms. The minimum absolute atomic E-state index is 0.333. The number of rotatable bonds is 7. The fourth-order valence-electron chi connectivity index (χ4n) is 3.02. The largest absolute Gasteiger partial charge is 0.463 e. The summed E-state index contributed by atoms with van der Waals surface area (Å²) in [6.07, 6.45) is 5.34. The Labute approximate surface area is 158 Å². The van der Waals surface area contributed by atoms with Crippen LogP contribution < -0.4 is 5.32 Å². The molecule has 0 aliphatic carbocycles. The van der Waals surface area contributed by atoms with Gasteiger partial charge in [-0.3, -0.25) is 4.90 Å². The molecule has 1 fully saturated rings. The number of esters is 1. The van der Waals surface area contributed by atoms with Gasteiger partial charge in [-0.15, -0.1) is 11.3 Å². The van der Waals surface area contributed by atoms with Gasteiger partial charge in [0.1, 0.15) is 0 Å². The van der Waals surface area contributed by atoms with Gasteiger partial charge in [-0.05, 0) is 31.4 Å². The smallest absolute Gasteiger partial charge is 0.330 e. The second kappa shape index (κ2) is 9.50. The standard InChI is InChI=1S/C20H25N3O2S/c1-2-25-19(24)9-8-18-15-26-20(22-18)21-17-10-12-23(13-11-17)14-16-6-4-3-5-7-16/h3-9,15,17H,2,10-14H2,1H3,(H,21,22)/b9-8+. The van der Waals surface area contributed by atoms with Crippen LogP contribution in [0, 0.1) is 0 Å². The summed E-state index contributed by atoms with van der Waals surface area (Å²) in [4.78, 5) is 18.4. The zero-order valence-electron chi connectivity index (χ0n) is 15.1. The quantitative estimate of drug-likeness (QED) is 0.593. The number of aromatic nitrogens is 1. The van der Waals surface area contributed by atoms with E-state index in [1.165, 1.54) is 11.6 Å². The van der Waals surface area contributed by atoms with Gasteiger partial charge in [0.05, 0.1) is 12.3 Å². The van der Waals surface area contributed by atoms with Crippen LogP contribution in [-0.2, 0) is 16.1 Å². The van der Waals surface area contributed by atoms with Crippen molar-refractivity contribution >= 4 is 28.5 Å². The Morgan fingerprint density at radius 2 is 2.12 bits per heavy atom. The van der Waals surface area contributed by atoms with Crippen molar-refractivity contribution in [1.82, 2.24) is 9.88 Å². The van der Waals surface area contributed by atoms with Gasteiger partial charge in [0.2, 0.25) is 0 Å². The van der Waals surface area contributed by atoms with Crippen molar-refractivity contribution in [2.75, 3.05) is 25.0 Å². The van der Waals surface area contributed by atoms with Crippen molar-refractivity contribution in [3.8, 4) is 0 Å². The van der Waals surface area contributed by atoms with Gasteiger partial charge in [0.25, 0.3) is 0 Å². The maximum atomic E-state index is 11.3. The first-order chi connectivity index (χ1) is 12.7. The van der Waals surface area contributed by atoms with Crippen LogP contribution in [0.4, 0.5) is 5.13 Å². The Balaban J connectivity index is 1.44. The number of anilines is 1. The number of carbonyl (C=O) groups is 1. The third-order valence-corrected chi connectivity index (χ3v) is 5.15. The van der Waals surface area contributed by atoms with E-state index < -0.39 is 0 Å². The number of nitrogens with zero attached hydrogens (tertiary/aromatic N) is 2. The second-order valence-electron chi connectivity index (χ2n) is 6.34. The van der Waals surface area contributed by atoms with Crippen LogP contribution in [-0.4, -0.2) is 41.6 Å². The van der Waals surface area contributed by atoms with Crippen LogP contribution in [0.15, 0.2) is 41.8 Å². The van der Waals surface area contributed by atoms with Crippen molar-refractivity contribution in [2.45, 2.75) is 32.4 Å². The van der Waals surface area contributed by atoms with Crippen LogP contribution in [0.5, 0.6) is 0 Å². The van der Waals surface area contributed by atoms with E-state index in [0.717, 1.165) is 43.3 Å². The molecular weight excluding hydrogens is 346 g/mol. The Kier molecular flexibility index (Phi) is 6.80. The van der Waals surface area contributed by atoms with Crippen molar-refractivity contribution in [1.29, 1.82) is 0 Å². The molecule has 1 aromatic carbocycles. The van der Waals surface area contributed by atoms with Crippen LogP contribution >= 0.6 is 11.3 Å². The van der Waals surface area contributed by atoms with E-state index in [1.54, 1.807) is 24.3 Å². The van der Waals surface area contributed by atoms with Gasteiger partial charge in [-0.1, -0.05) is 30.3 Å². The minimum atomic E-state index is -0.333. The first-order valence-electron chi connectivity index (χ1n) is 9.06. The average Bonchev–Trinajstić information content (AvgIpc) is 3.10. The van der Waals surface area contributed by atoms with Gasteiger partial charge in [-0.25, -0.2) is 9.78 Å². The molecular formula is C20H25N3O2S. The van der Waals surface area contributed by atoms with E-state index in [1.807, 2.05) is 5.38 Å². The number of thiazole rings is 1. The summed E-state index contributed by atoms with van der Waals surface area (Å²) < 4.78 is 4.87. The molecule has 0 unspecified atom stereocenters. The summed E-state index contributed by atoms with van der Waals surface area (Å²) in [5, 5.41) is 6.39. The highest BCUT2D eigenvalue weighted by molar-refractivity contribution is 7.13. The first kappa shape index (κ1) is 18.6. The molecule has 0 radical (unpaired) electrons. The molecule has 5 nitrogen and oxygen atoms in total. The van der Waals surface area contributed by atoms with Crippen molar-refractivity contribution in [3.05, 3.63) is 53.0 Å². The van der Waals surface area contributed by atoms with E-state index in [-0.39, 0.29) is 5.97 Å². The number of hydrogen-bond donors (Lipinski definition) is 1. The van der Waals surface area contributed by atoms with Crippen LogP contribution in [0.3, 0.4) is 0 Å². The summed E-state index contributed by atoms with van der Waals surface area (Å²) in [6, 6.07) is 11.1. The highest BCUT2D eigenvalue weighted by atomic mass is 32.1. The lowest BCUT2D eigenvalue weighted by Crippen LogP contribution is -2.38. The normalized spacial score (nSPS) is 16.0. The number of likely N-dealkylation sites (tertiary alicyclic amines) is 1. The number of piperidine rings is 1. The predicted octanol–water partition coefficient (Wildman–Crippen LogP) is 3.80. The summed E-state index contributed by atoms with van der Waals surface area (Å²) in [6.45, 7) is 5.38. The Morgan fingerprint density at radius 1 is 1.35 bits per heavy atom. The maximum absolute atomic E-state index is 11.3. The molecule has 3 rings (SSSR count). The van der Waals surface area contributed by atoms with E-state index in [9.17, 15) is 4.79 Å². The fraction of sp³-hybridized carbons (Fsp3) is 0.400. The summed E-state index contributed by atoms with van der Waals surface area (Å²) in [5.41, 5.74) is 2.16. The Bertz CT molecular complexity index is 722. The van der Waals surface area contributed by atoms with Crippen molar-refractivity contribution in [2.24, 2.45) is 0 Å². The average molecular weight is 372 g/mol. The number of nitrogens with one attached hydrogen (secondary N) is 1. The molecule has 0 atom stereocenters. The van der Waals surface area contributed by atoms with Crippen LogP contribution in [0.25, 0.3) is 6.08 Å². The Morgan fingerprint density at radius 3 is 2.85 bits per heavy atom. The lowest BCUT2D eigenvalue weighted by atomic mass is 10.0. The molecule has 26 heavy (non-hydrogen) atoms. The van der Waals surface area contributed by atoms with Crippen molar-refractivity contribution < 1.29 is 9.53 Å². The van der Waals surface area contributed by atoms with Gasteiger partial charge < -0.3 is 10.1 Å².